The van der Waals surface area contributed by atoms with E-state index in [9.17, 15) is 4.39 Å². The zero-order valence-electron chi connectivity index (χ0n) is 13.1. The molecule has 0 aliphatic rings. The first-order valence-corrected chi connectivity index (χ1v) is 7.85. The largest absolute Gasteiger partial charge is 0.497 e. The summed E-state index contributed by atoms with van der Waals surface area (Å²) in [6, 6.07) is 19.2. The van der Waals surface area contributed by atoms with E-state index in [-0.39, 0.29) is 5.82 Å². The van der Waals surface area contributed by atoms with E-state index in [1.165, 1.54) is 6.07 Å². The average Bonchev–Trinajstić information content (AvgIpc) is 3.01. The second-order valence-corrected chi connectivity index (χ2v) is 6.02. The van der Waals surface area contributed by atoms with Crippen LogP contribution in [0.15, 0.2) is 60.7 Å². The summed E-state index contributed by atoms with van der Waals surface area (Å²) in [4.78, 5) is 3.53. The van der Waals surface area contributed by atoms with Crippen molar-refractivity contribution in [2.75, 3.05) is 7.11 Å². The number of hydrogen-bond acceptors (Lipinski definition) is 1. The second-order valence-electron chi connectivity index (χ2n) is 6.02. The minimum absolute atomic E-state index is 0.231. The van der Waals surface area contributed by atoms with Gasteiger partial charge in [-0.25, -0.2) is 4.39 Å². The van der Waals surface area contributed by atoms with Gasteiger partial charge < -0.3 is 9.72 Å². The molecule has 5 aromatic rings. The number of methoxy groups -OCH3 is 1. The van der Waals surface area contributed by atoms with Gasteiger partial charge >= 0.3 is 0 Å². The Bertz CT molecular complexity index is 1250. The summed E-state index contributed by atoms with van der Waals surface area (Å²) in [5.74, 6) is 0.536. The number of benzene rings is 4. The second kappa shape index (κ2) is 4.71. The van der Waals surface area contributed by atoms with Crippen molar-refractivity contribution in [1.82, 2.24) is 4.98 Å². The molecule has 0 saturated heterocycles. The van der Waals surface area contributed by atoms with Crippen LogP contribution in [0.25, 0.3) is 43.4 Å². The van der Waals surface area contributed by atoms with Gasteiger partial charge in [-0.3, -0.25) is 0 Å². The van der Waals surface area contributed by atoms with Crippen LogP contribution in [0.5, 0.6) is 5.75 Å². The van der Waals surface area contributed by atoms with Gasteiger partial charge in [0.2, 0.25) is 0 Å². The molecule has 0 spiro atoms. The SMILES string of the molecule is COc1ccc2c(c1)c1cc(F)ccc1c1c3ccccc3[nH]c21. The number of aromatic nitrogens is 1. The fraction of sp³-hybridized carbons (Fsp3) is 0.0476. The first-order chi connectivity index (χ1) is 11.8. The lowest BCUT2D eigenvalue weighted by molar-refractivity contribution is 0.415. The highest BCUT2D eigenvalue weighted by molar-refractivity contribution is 6.31. The van der Waals surface area contributed by atoms with Crippen molar-refractivity contribution < 1.29 is 9.13 Å². The molecule has 0 fully saturated rings. The average molecular weight is 315 g/mol. The standard InChI is InChI=1S/C21H14FNO/c1-24-13-7-9-15-18(11-13)17-10-12(22)6-8-14(17)20-16-4-2-3-5-19(16)23-21(15)20/h2-11,23H,1H3. The smallest absolute Gasteiger partial charge is 0.123 e. The fourth-order valence-electron chi connectivity index (χ4n) is 3.67. The van der Waals surface area contributed by atoms with Crippen molar-refractivity contribution in [2.45, 2.75) is 0 Å². The van der Waals surface area contributed by atoms with Crippen molar-refractivity contribution in [1.29, 1.82) is 0 Å². The Kier molecular flexibility index (Phi) is 2.63. The maximum atomic E-state index is 13.9. The zero-order chi connectivity index (χ0) is 16.3. The molecule has 2 nitrogen and oxygen atoms in total. The van der Waals surface area contributed by atoms with Crippen LogP contribution < -0.4 is 4.74 Å². The highest BCUT2D eigenvalue weighted by Crippen LogP contribution is 2.40. The van der Waals surface area contributed by atoms with Gasteiger partial charge in [0, 0.05) is 21.7 Å². The first kappa shape index (κ1) is 13.4. The van der Waals surface area contributed by atoms with E-state index >= 15 is 0 Å². The molecule has 116 valence electrons. The fourth-order valence-corrected chi connectivity index (χ4v) is 3.67. The molecule has 0 aliphatic carbocycles. The lowest BCUT2D eigenvalue weighted by Gasteiger charge is -2.09. The van der Waals surface area contributed by atoms with Crippen LogP contribution in [0.3, 0.4) is 0 Å². The van der Waals surface area contributed by atoms with Gasteiger partial charge in [0.1, 0.15) is 11.6 Å². The van der Waals surface area contributed by atoms with E-state index in [1.54, 1.807) is 13.2 Å². The van der Waals surface area contributed by atoms with E-state index < -0.39 is 0 Å². The molecule has 0 amide bonds. The Morgan fingerprint density at radius 1 is 0.792 bits per heavy atom. The maximum Gasteiger partial charge on any atom is 0.123 e. The summed E-state index contributed by atoms with van der Waals surface area (Å²) in [5.41, 5.74) is 2.16. The minimum Gasteiger partial charge on any atom is -0.497 e. The first-order valence-electron chi connectivity index (χ1n) is 7.85. The van der Waals surface area contributed by atoms with Crippen LogP contribution in [-0.2, 0) is 0 Å². The van der Waals surface area contributed by atoms with Gasteiger partial charge in [-0.2, -0.15) is 0 Å². The molecule has 1 aromatic heterocycles. The summed E-state index contributed by atoms with van der Waals surface area (Å²) < 4.78 is 19.3. The molecule has 3 heteroatoms. The van der Waals surface area contributed by atoms with E-state index in [0.717, 1.165) is 49.1 Å². The van der Waals surface area contributed by atoms with Crippen LogP contribution in [0.2, 0.25) is 0 Å². The number of ether oxygens (including phenoxy) is 1. The number of para-hydroxylation sites is 1. The molecule has 0 aliphatic heterocycles. The Labute approximate surface area is 137 Å². The number of halogens is 1. The normalized spacial score (nSPS) is 11.8. The Morgan fingerprint density at radius 3 is 2.46 bits per heavy atom. The van der Waals surface area contributed by atoms with Gasteiger partial charge in [-0.05, 0) is 52.6 Å². The number of hydrogen-bond donors (Lipinski definition) is 1. The Morgan fingerprint density at radius 2 is 1.58 bits per heavy atom. The molecular formula is C21H14FNO. The zero-order valence-corrected chi connectivity index (χ0v) is 13.1. The number of fused-ring (bicyclic) bond motifs is 8. The molecule has 0 unspecified atom stereocenters. The summed E-state index contributed by atoms with van der Waals surface area (Å²) in [5, 5.41) is 6.30. The monoisotopic (exact) mass is 315 g/mol. The van der Waals surface area contributed by atoms with Crippen molar-refractivity contribution >= 4 is 43.4 Å². The molecule has 24 heavy (non-hydrogen) atoms. The topological polar surface area (TPSA) is 25.0 Å². The number of rotatable bonds is 1. The number of nitrogens with one attached hydrogen (secondary N) is 1. The van der Waals surface area contributed by atoms with Crippen LogP contribution in [0.4, 0.5) is 4.39 Å². The Hall–Kier alpha value is -3.07. The van der Waals surface area contributed by atoms with Gasteiger partial charge in [-0.1, -0.05) is 24.3 Å². The van der Waals surface area contributed by atoms with E-state index in [4.69, 9.17) is 4.74 Å². The third-order valence-corrected chi connectivity index (χ3v) is 4.74. The summed E-state index contributed by atoms with van der Waals surface area (Å²) in [6.07, 6.45) is 0. The highest BCUT2D eigenvalue weighted by Gasteiger charge is 2.14. The van der Waals surface area contributed by atoms with Gasteiger partial charge in [0.15, 0.2) is 0 Å². The molecular weight excluding hydrogens is 301 g/mol. The van der Waals surface area contributed by atoms with E-state index in [1.807, 2.05) is 36.4 Å². The van der Waals surface area contributed by atoms with E-state index in [2.05, 4.69) is 17.1 Å². The molecule has 1 N–H and O–H groups in total. The predicted octanol–water partition coefficient (Wildman–Crippen LogP) is 5.78. The highest BCUT2D eigenvalue weighted by atomic mass is 19.1. The molecule has 0 bridgehead atoms. The van der Waals surface area contributed by atoms with Crippen LogP contribution in [0, 0.1) is 5.82 Å². The number of H-pyrrole nitrogens is 1. The molecule has 5 rings (SSSR count). The lowest BCUT2D eigenvalue weighted by Crippen LogP contribution is -1.86. The van der Waals surface area contributed by atoms with E-state index in [0.29, 0.717) is 0 Å². The van der Waals surface area contributed by atoms with Gasteiger partial charge in [-0.15, -0.1) is 0 Å². The van der Waals surface area contributed by atoms with Gasteiger partial charge in [0.05, 0.1) is 12.6 Å². The summed E-state index contributed by atoms with van der Waals surface area (Å²) >= 11 is 0. The molecule has 1 heterocycles. The minimum atomic E-state index is -0.231. The molecule has 0 saturated carbocycles. The third kappa shape index (κ3) is 1.69. The predicted molar refractivity (Wildman–Crippen MR) is 97.3 cm³/mol. The number of aromatic amines is 1. The van der Waals surface area contributed by atoms with Crippen molar-refractivity contribution in [3.63, 3.8) is 0 Å². The van der Waals surface area contributed by atoms with Crippen LogP contribution in [-0.4, -0.2) is 12.1 Å². The summed E-state index contributed by atoms with van der Waals surface area (Å²) in [6.45, 7) is 0. The molecule has 0 radical (unpaired) electrons. The van der Waals surface area contributed by atoms with Crippen LogP contribution >= 0.6 is 0 Å². The van der Waals surface area contributed by atoms with Crippen LogP contribution in [0.1, 0.15) is 0 Å². The molecule has 4 aromatic carbocycles. The molecule has 0 atom stereocenters. The van der Waals surface area contributed by atoms with Crippen molar-refractivity contribution in [2.24, 2.45) is 0 Å². The van der Waals surface area contributed by atoms with Crippen molar-refractivity contribution in [3.8, 4) is 5.75 Å². The lowest BCUT2D eigenvalue weighted by atomic mass is 9.96. The Balaban J connectivity index is 2.15. The van der Waals surface area contributed by atoms with Gasteiger partial charge in [0.25, 0.3) is 0 Å². The summed E-state index contributed by atoms with van der Waals surface area (Å²) in [7, 11) is 1.64. The third-order valence-electron chi connectivity index (χ3n) is 4.74. The maximum absolute atomic E-state index is 13.9. The quantitative estimate of drug-likeness (QED) is 0.390. The van der Waals surface area contributed by atoms with Crippen molar-refractivity contribution in [3.05, 3.63) is 66.5 Å².